The minimum atomic E-state index is -0.554. The van der Waals surface area contributed by atoms with Crippen LogP contribution in [0.15, 0.2) is 42.5 Å². The summed E-state index contributed by atoms with van der Waals surface area (Å²) in [6, 6.07) is 11.9. The van der Waals surface area contributed by atoms with E-state index < -0.39 is 11.7 Å². The summed E-state index contributed by atoms with van der Waals surface area (Å²) in [6.07, 6.45) is 0.0886. The molecular weight excluding hydrogens is 294 g/mol. The van der Waals surface area contributed by atoms with Crippen molar-refractivity contribution in [2.24, 2.45) is 0 Å². The zero-order valence-electron chi connectivity index (χ0n) is 13.3. The lowest BCUT2D eigenvalue weighted by Crippen LogP contribution is -2.27. The van der Waals surface area contributed by atoms with E-state index in [-0.39, 0.29) is 11.3 Å². The number of nitrogens with one attached hydrogen (secondary N) is 1. The van der Waals surface area contributed by atoms with Gasteiger partial charge in [-0.3, -0.25) is 10.1 Å². The monoisotopic (exact) mass is 313 g/mol. The van der Waals surface area contributed by atoms with Crippen LogP contribution in [0, 0.1) is 0 Å². The molecule has 0 unspecified atom stereocenters. The first-order valence-corrected chi connectivity index (χ1v) is 7.17. The van der Waals surface area contributed by atoms with Crippen molar-refractivity contribution in [3.63, 3.8) is 0 Å². The summed E-state index contributed by atoms with van der Waals surface area (Å²) in [4.78, 5) is 22.4. The number of carbonyl (C=O) groups is 2. The summed E-state index contributed by atoms with van der Waals surface area (Å²) >= 11 is 0. The predicted octanol–water partition coefficient (Wildman–Crippen LogP) is 4.22. The lowest BCUT2D eigenvalue weighted by atomic mass is 10.0. The molecule has 0 saturated heterocycles. The summed E-state index contributed by atoms with van der Waals surface area (Å²) in [5.74, 6) is -0.0616. The molecular formula is C18H19NO4. The summed E-state index contributed by atoms with van der Waals surface area (Å²) in [6.45, 7) is 5.39. The van der Waals surface area contributed by atoms with E-state index in [2.05, 4.69) is 5.32 Å². The zero-order valence-corrected chi connectivity index (χ0v) is 13.3. The molecule has 2 rings (SSSR count). The number of rotatable bonds is 3. The van der Waals surface area contributed by atoms with E-state index in [9.17, 15) is 14.7 Å². The first-order chi connectivity index (χ1) is 10.8. The number of amides is 1. The van der Waals surface area contributed by atoms with Crippen molar-refractivity contribution >= 4 is 18.1 Å². The Hall–Kier alpha value is -2.82. The van der Waals surface area contributed by atoms with Gasteiger partial charge in [0, 0.05) is 5.69 Å². The Morgan fingerprint density at radius 3 is 2.22 bits per heavy atom. The number of ether oxygens (including phenoxy) is 1. The number of carbonyl (C=O) groups excluding carboxylic acids is 2. The molecule has 1 amide bonds. The van der Waals surface area contributed by atoms with Crippen molar-refractivity contribution in [2.45, 2.75) is 26.4 Å². The molecule has 2 aromatic rings. The Kier molecular flexibility index (Phi) is 4.69. The number of hydrogen-bond donors (Lipinski definition) is 2. The van der Waals surface area contributed by atoms with Crippen molar-refractivity contribution < 1.29 is 19.4 Å². The first-order valence-electron chi connectivity index (χ1n) is 7.17. The van der Waals surface area contributed by atoms with Crippen LogP contribution in [-0.4, -0.2) is 23.1 Å². The van der Waals surface area contributed by atoms with Crippen LogP contribution in [0.25, 0.3) is 11.1 Å². The maximum atomic E-state index is 11.7. The molecule has 0 bridgehead atoms. The average Bonchev–Trinajstić information content (AvgIpc) is 2.46. The molecule has 5 nitrogen and oxygen atoms in total. The van der Waals surface area contributed by atoms with Crippen LogP contribution in [0.2, 0.25) is 0 Å². The Morgan fingerprint density at radius 1 is 1.09 bits per heavy atom. The molecule has 2 N–H and O–H groups in total. The second-order valence-electron chi connectivity index (χ2n) is 6.10. The normalized spacial score (nSPS) is 10.9. The molecule has 0 spiro atoms. The quantitative estimate of drug-likeness (QED) is 0.832. The van der Waals surface area contributed by atoms with E-state index in [0.717, 1.165) is 11.1 Å². The largest absolute Gasteiger partial charge is 0.507 e. The molecule has 0 aromatic heterocycles. The number of anilines is 1. The first kappa shape index (κ1) is 16.5. The van der Waals surface area contributed by atoms with E-state index in [1.54, 1.807) is 45.0 Å². The van der Waals surface area contributed by atoms with E-state index in [0.29, 0.717) is 12.0 Å². The molecule has 2 aromatic carbocycles. The molecule has 0 aliphatic heterocycles. The highest BCUT2D eigenvalue weighted by Gasteiger charge is 2.16. The van der Waals surface area contributed by atoms with Gasteiger partial charge in [0.2, 0.25) is 0 Å². The maximum Gasteiger partial charge on any atom is 0.412 e. The topological polar surface area (TPSA) is 75.6 Å². The minimum Gasteiger partial charge on any atom is -0.507 e. The molecule has 0 atom stereocenters. The van der Waals surface area contributed by atoms with Crippen LogP contribution in [0.3, 0.4) is 0 Å². The number of hydrogen-bond acceptors (Lipinski definition) is 4. The summed E-state index contributed by atoms with van der Waals surface area (Å²) in [5.41, 5.74) is 1.93. The molecule has 5 heteroatoms. The summed E-state index contributed by atoms with van der Waals surface area (Å²) in [5, 5.41) is 12.4. The summed E-state index contributed by atoms with van der Waals surface area (Å²) in [7, 11) is 0. The van der Waals surface area contributed by atoms with Gasteiger partial charge in [-0.05, 0) is 56.2 Å². The summed E-state index contributed by atoms with van der Waals surface area (Å²) < 4.78 is 5.18. The number of phenols is 1. The molecule has 0 aliphatic carbocycles. The van der Waals surface area contributed by atoms with Gasteiger partial charge in [0.05, 0.1) is 5.56 Å². The maximum absolute atomic E-state index is 11.7. The fraction of sp³-hybridized carbons (Fsp3) is 0.222. The average molecular weight is 313 g/mol. The molecule has 0 radical (unpaired) electrons. The van der Waals surface area contributed by atoms with E-state index in [1.165, 1.54) is 6.07 Å². The van der Waals surface area contributed by atoms with Crippen LogP contribution in [0.5, 0.6) is 5.75 Å². The van der Waals surface area contributed by atoms with E-state index in [4.69, 9.17) is 4.74 Å². The third kappa shape index (κ3) is 4.57. The second kappa shape index (κ2) is 6.52. The van der Waals surface area contributed by atoms with Gasteiger partial charge >= 0.3 is 6.09 Å². The van der Waals surface area contributed by atoms with Crippen molar-refractivity contribution in [1.29, 1.82) is 0 Å². The molecule has 0 aliphatic rings. The fourth-order valence-electron chi connectivity index (χ4n) is 1.99. The highest BCUT2D eigenvalue weighted by Crippen LogP contribution is 2.26. The van der Waals surface area contributed by atoms with Crippen molar-refractivity contribution in [1.82, 2.24) is 0 Å². The van der Waals surface area contributed by atoms with Gasteiger partial charge in [0.15, 0.2) is 6.29 Å². The fourth-order valence-corrected chi connectivity index (χ4v) is 1.99. The number of aldehydes is 1. The Labute approximate surface area is 134 Å². The van der Waals surface area contributed by atoms with Gasteiger partial charge in [-0.2, -0.15) is 0 Å². The molecule has 0 heterocycles. The van der Waals surface area contributed by atoms with Crippen LogP contribution >= 0.6 is 0 Å². The van der Waals surface area contributed by atoms with Gasteiger partial charge in [0.25, 0.3) is 0 Å². The van der Waals surface area contributed by atoms with E-state index >= 15 is 0 Å². The second-order valence-corrected chi connectivity index (χ2v) is 6.10. The molecule has 23 heavy (non-hydrogen) atoms. The molecule has 120 valence electrons. The third-order valence-electron chi connectivity index (χ3n) is 3.02. The van der Waals surface area contributed by atoms with Gasteiger partial charge in [-0.25, -0.2) is 4.79 Å². The Bertz CT molecular complexity index is 715. The number of phenolic OH excluding ortho intramolecular Hbond substituents is 1. The number of aromatic hydroxyl groups is 1. The Morgan fingerprint density at radius 2 is 1.70 bits per heavy atom. The van der Waals surface area contributed by atoms with Crippen molar-refractivity contribution in [2.75, 3.05) is 5.32 Å². The van der Waals surface area contributed by atoms with Crippen LogP contribution in [-0.2, 0) is 4.74 Å². The van der Waals surface area contributed by atoms with Gasteiger partial charge in [-0.1, -0.05) is 18.2 Å². The lowest BCUT2D eigenvalue weighted by molar-refractivity contribution is 0.0636. The van der Waals surface area contributed by atoms with Crippen LogP contribution in [0.1, 0.15) is 31.1 Å². The van der Waals surface area contributed by atoms with Gasteiger partial charge < -0.3 is 9.84 Å². The molecule has 0 fully saturated rings. The third-order valence-corrected chi connectivity index (χ3v) is 3.02. The van der Waals surface area contributed by atoms with E-state index in [1.807, 2.05) is 12.1 Å². The van der Waals surface area contributed by atoms with Crippen LogP contribution < -0.4 is 5.32 Å². The Balaban J connectivity index is 2.12. The van der Waals surface area contributed by atoms with Crippen molar-refractivity contribution in [3.8, 4) is 16.9 Å². The minimum absolute atomic E-state index is 0.0616. The highest BCUT2D eigenvalue weighted by atomic mass is 16.6. The smallest absolute Gasteiger partial charge is 0.412 e. The lowest BCUT2D eigenvalue weighted by Gasteiger charge is -2.19. The number of benzene rings is 2. The molecule has 0 saturated carbocycles. The van der Waals surface area contributed by atoms with Gasteiger partial charge in [-0.15, -0.1) is 0 Å². The highest BCUT2D eigenvalue weighted by molar-refractivity contribution is 5.86. The van der Waals surface area contributed by atoms with Crippen LogP contribution in [0.4, 0.5) is 10.5 Å². The predicted molar refractivity (Wildman–Crippen MR) is 88.8 cm³/mol. The van der Waals surface area contributed by atoms with Gasteiger partial charge in [0.1, 0.15) is 11.4 Å². The SMILES string of the molecule is CC(C)(C)OC(=O)Nc1ccc(-c2ccc(C=O)c(O)c2)cc1. The standard InChI is InChI=1S/C18H19NO4/c1-18(2,3)23-17(22)19-15-8-6-12(7-9-15)13-4-5-14(11-20)16(21)10-13/h4-11,21H,1-3H3,(H,19,22). The van der Waals surface area contributed by atoms with Crippen molar-refractivity contribution in [3.05, 3.63) is 48.0 Å². The zero-order chi connectivity index (χ0) is 17.0.